The molecule has 0 amide bonds. The largest absolute Gasteiger partial charge is 0.493 e. The Morgan fingerprint density at radius 2 is 2.10 bits per heavy atom. The number of rotatable bonds is 8. The van der Waals surface area contributed by atoms with Gasteiger partial charge in [0, 0.05) is 19.4 Å². The highest BCUT2D eigenvalue weighted by atomic mass is 19.1. The number of carbonyl (C=O) groups is 1. The fourth-order valence-electron chi connectivity index (χ4n) is 2.19. The third-order valence-electron chi connectivity index (χ3n) is 3.33. The van der Waals surface area contributed by atoms with Crippen molar-refractivity contribution in [1.29, 1.82) is 0 Å². The van der Waals surface area contributed by atoms with E-state index < -0.39 is 0 Å². The van der Waals surface area contributed by atoms with Crippen LogP contribution in [0.15, 0.2) is 24.3 Å². The fraction of sp³-hybridized carbons (Fsp3) is 0.562. The highest BCUT2D eigenvalue weighted by Crippen LogP contribution is 2.17. The second-order valence-corrected chi connectivity index (χ2v) is 5.05. The number of hydrogen-bond acceptors (Lipinski definition) is 4. The fourth-order valence-corrected chi connectivity index (χ4v) is 2.19. The lowest BCUT2D eigenvalue weighted by Crippen LogP contribution is -2.12. The summed E-state index contributed by atoms with van der Waals surface area (Å²) >= 11 is 0. The smallest absolute Gasteiger partial charge is 0.305 e. The number of halogens is 1. The molecule has 0 N–H and O–H groups in total. The Kier molecular flexibility index (Phi) is 6.47. The summed E-state index contributed by atoms with van der Waals surface area (Å²) in [5.41, 5.74) is 0. The van der Waals surface area contributed by atoms with Crippen molar-refractivity contribution >= 4 is 5.97 Å². The van der Waals surface area contributed by atoms with E-state index in [1.54, 1.807) is 12.1 Å². The van der Waals surface area contributed by atoms with Crippen molar-refractivity contribution in [2.75, 3.05) is 19.8 Å². The molecule has 1 aromatic rings. The molecule has 0 aliphatic carbocycles. The van der Waals surface area contributed by atoms with Crippen molar-refractivity contribution < 1.29 is 23.4 Å². The minimum Gasteiger partial charge on any atom is -0.493 e. The van der Waals surface area contributed by atoms with Crippen LogP contribution >= 0.6 is 0 Å². The summed E-state index contributed by atoms with van der Waals surface area (Å²) in [6.45, 7) is 1.58. The minimum atomic E-state index is -0.289. The molecule has 1 aliphatic rings. The van der Waals surface area contributed by atoms with Gasteiger partial charge in [-0.05, 0) is 43.5 Å². The third kappa shape index (κ3) is 6.12. The van der Waals surface area contributed by atoms with E-state index in [1.807, 2.05) is 0 Å². The van der Waals surface area contributed by atoms with Crippen LogP contribution in [0.25, 0.3) is 0 Å². The number of esters is 1. The summed E-state index contributed by atoms with van der Waals surface area (Å²) in [5, 5.41) is 0. The predicted molar refractivity (Wildman–Crippen MR) is 75.7 cm³/mol. The molecule has 116 valence electrons. The van der Waals surface area contributed by atoms with Crippen LogP contribution in [0.1, 0.15) is 32.1 Å². The minimum absolute atomic E-state index is 0.188. The molecule has 5 heteroatoms. The second kappa shape index (κ2) is 8.62. The van der Waals surface area contributed by atoms with Gasteiger partial charge in [0.2, 0.25) is 0 Å². The maximum absolute atomic E-state index is 12.7. The van der Waals surface area contributed by atoms with Crippen LogP contribution in [-0.2, 0) is 14.3 Å². The highest BCUT2D eigenvalue weighted by Gasteiger charge is 2.16. The maximum Gasteiger partial charge on any atom is 0.305 e. The molecule has 0 aromatic heterocycles. The summed E-state index contributed by atoms with van der Waals surface area (Å²) in [5.74, 6) is 0.135. The molecule has 0 saturated carbocycles. The quantitative estimate of drug-likeness (QED) is 0.546. The van der Waals surface area contributed by atoms with Crippen LogP contribution in [0.4, 0.5) is 4.39 Å². The van der Waals surface area contributed by atoms with E-state index in [-0.39, 0.29) is 17.9 Å². The summed E-state index contributed by atoms with van der Waals surface area (Å²) in [6.07, 6.45) is 4.11. The van der Waals surface area contributed by atoms with Gasteiger partial charge >= 0.3 is 5.97 Å². The standard InChI is InChI=1S/C16H21FO4/c17-13-4-6-15(7-5-13)20-11-2-12-21-16(18)9-8-14-3-1-10-19-14/h4-7,14H,1-3,8-12H2. The molecule has 0 radical (unpaired) electrons. The van der Waals surface area contributed by atoms with Crippen LogP contribution in [0.5, 0.6) is 5.75 Å². The van der Waals surface area contributed by atoms with Crippen LogP contribution in [0, 0.1) is 5.82 Å². The van der Waals surface area contributed by atoms with Gasteiger partial charge in [0.25, 0.3) is 0 Å². The maximum atomic E-state index is 12.7. The van der Waals surface area contributed by atoms with Crippen molar-refractivity contribution in [3.05, 3.63) is 30.1 Å². The first-order chi connectivity index (χ1) is 10.2. The first-order valence-electron chi connectivity index (χ1n) is 7.39. The van der Waals surface area contributed by atoms with Gasteiger partial charge in [0.1, 0.15) is 11.6 Å². The molecule has 0 bridgehead atoms. The van der Waals surface area contributed by atoms with E-state index >= 15 is 0 Å². The molecular formula is C16H21FO4. The Bertz CT molecular complexity index is 426. The Balaban J connectivity index is 1.48. The SMILES string of the molecule is O=C(CCC1CCCO1)OCCCOc1ccc(F)cc1. The summed E-state index contributed by atoms with van der Waals surface area (Å²) < 4.78 is 28.7. The second-order valence-electron chi connectivity index (χ2n) is 5.05. The Labute approximate surface area is 124 Å². The molecule has 1 heterocycles. The summed E-state index contributed by atoms with van der Waals surface area (Å²) in [4.78, 5) is 11.5. The molecular weight excluding hydrogens is 275 g/mol. The first kappa shape index (κ1) is 15.8. The number of hydrogen-bond donors (Lipinski definition) is 0. The van der Waals surface area contributed by atoms with E-state index in [1.165, 1.54) is 12.1 Å². The van der Waals surface area contributed by atoms with Gasteiger partial charge in [-0.25, -0.2) is 4.39 Å². The molecule has 1 aromatic carbocycles. The van der Waals surface area contributed by atoms with E-state index in [0.29, 0.717) is 31.8 Å². The lowest BCUT2D eigenvalue weighted by molar-refractivity contribution is -0.144. The van der Waals surface area contributed by atoms with Crippen LogP contribution in [-0.4, -0.2) is 31.9 Å². The average Bonchev–Trinajstić information content (AvgIpc) is 3.00. The highest BCUT2D eigenvalue weighted by molar-refractivity contribution is 5.69. The average molecular weight is 296 g/mol. The molecule has 1 aliphatic heterocycles. The van der Waals surface area contributed by atoms with Gasteiger partial charge in [-0.3, -0.25) is 4.79 Å². The van der Waals surface area contributed by atoms with Gasteiger partial charge in [-0.15, -0.1) is 0 Å². The molecule has 1 unspecified atom stereocenters. The van der Waals surface area contributed by atoms with Gasteiger partial charge in [0.05, 0.1) is 19.3 Å². The topological polar surface area (TPSA) is 44.8 Å². The number of benzene rings is 1. The lowest BCUT2D eigenvalue weighted by atomic mass is 10.1. The Morgan fingerprint density at radius 1 is 1.29 bits per heavy atom. The van der Waals surface area contributed by atoms with Gasteiger partial charge in [0.15, 0.2) is 0 Å². The zero-order valence-electron chi connectivity index (χ0n) is 12.1. The van der Waals surface area contributed by atoms with E-state index in [4.69, 9.17) is 14.2 Å². The van der Waals surface area contributed by atoms with Gasteiger partial charge < -0.3 is 14.2 Å². The van der Waals surface area contributed by atoms with Crippen molar-refractivity contribution in [2.24, 2.45) is 0 Å². The molecule has 1 fully saturated rings. The molecule has 21 heavy (non-hydrogen) atoms. The summed E-state index contributed by atoms with van der Waals surface area (Å²) in [6, 6.07) is 5.84. The summed E-state index contributed by atoms with van der Waals surface area (Å²) in [7, 11) is 0. The first-order valence-corrected chi connectivity index (χ1v) is 7.39. The lowest BCUT2D eigenvalue weighted by Gasteiger charge is -2.09. The van der Waals surface area contributed by atoms with E-state index in [2.05, 4.69) is 0 Å². The zero-order chi connectivity index (χ0) is 14.9. The predicted octanol–water partition coefficient (Wildman–Crippen LogP) is 3.10. The van der Waals surface area contributed by atoms with Crippen molar-refractivity contribution in [3.63, 3.8) is 0 Å². The molecule has 0 spiro atoms. The van der Waals surface area contributed by atoms with Crippen LogP contribution in [0.2, 0.25) is 0 Å². The zero-order valence-corrected chi connectivity index (χ0v) is 12.1. The van der Waals surface area contributed by atoms with Crippen molar-refractivity contribution in [1.82, 2.24) is 0 Å². The number of ether oxygens (including phenoxy) is 3. The Hall–Kier alpha value is -1.62. The molecule has 1 saturated heterocycles. The molecule has 1 atom stereocenters. The van der Waals surface area contributed by atoms with Gasteiger partial charge in [-0.2, -0.15) is 0 Å². The molecule has 2 rings (SSSR count). The monoisotopic (exact) mass is 296 g/mol. The van der Waals surface area contributed by atoms with E-state index in [0.717, 1.165) is 25.9 Å². The number of carbonyl (C=O) groups excluding carboxylic acids is 1. The Morgan fingerprint density at radius 3 is 2.81 bits per heavy atom. The van der Waals surface area contributed by atoms with Crippen molar-refractivity contribution in [2.45, 2.75) is 38.2 Å². The third-order valence-corrected chi connectivity index (χ3v) is 3.33. The van der Waals surface area contributed by atoms with Gasteiger partial charge in [-0.1, -0.05) is 0 Å². The van der Waals surface area contributed by atoms with E-state index in [9.17, 15) is 9.18 Å². The van der Waals surface area contributed by atoms with Crippen molar-refractivity contribution in [3.8, 4) is 5.75 Å². The normalized spacial score (nSPS) is 17.7. The molecule has 4 nitrogen and oxygen atoms in total. The van der Waals surface area contributed by atoms with Crippen LogP contribution in [0.3, 0.4) is 0 Å². The van der Waals surface area contributed by atoms with Crippen LogP contribution < -0.4 is 4.74 Å².